The molecular weight excluding hydrogens is 356 g/mol. The minimum atomic E-state index is -0.370. The van der Waals surface area contributed by atoms with E-state index in [2.05, 4.69) is 35.5 Å². The second-order valence-electron chi connectivity index (χ2n) is 6.67. The van der Waals surface area contributed by atoms with Gasteiger partial charge in [-0.05, 0) is 68.8 Å². The summed E-state index contributed by atoms with van der Waals surface area (Å²) in [6.45, 7) is 5.82. The monoisotopic (exact) mass is 376 g/mol. The van der Waals surface area contributed by atoms with Crippen molar-refractivity contribution < 1.29 is 4.79 Å². The first-order valence-electron chi connectivity index (χ1n) is 8.80. The van der Waals surface area contributed by atoms with E-state index in [1.165, 1.54) is 10.3 Å². The third kappa shape index (κ3) is 3.61. The molecule has 136 valence electrons. The molecule has 2 heterocycles. The third-order valence-electron chi connectivity index (χ3n) is 4.46. The van der Waals surface area contributed by atoms with Crippen LogP contribution in [0.4, 0.5) is 5.69 Å². The minimum Gasteiger partial charge on any atom is -0.324 e. The number of aromatic nitrogens is 3. The summed E-state index contributed by atoms with van der Waals surface area (Å²) in [5.74, 6) is -0.0960. The molecule has 6 heteroatoms. The molecule has 0 saturated carbocycles. The van der Waals surface area contributed by atoms with E-state index in [9.17, 15) is 4.79 Å². The molecule has 27 heavy (non-hydrogen) atoms. The van der Waals surface area contributed by atoms with Crippen LogP contribution in [0.25, 0.3) is 20.8 Å². The molecule has 5 nitrogen and oxygen atoms in total. The Bertz CT molecular complexity index is 1110. The van der Waals surface area contributed by atoms with Gasteiger partial charge in [0.05, 0.1) is 15.9 Å². The van der Waals surface area contributed by atoms with Crippen LogP contribution in [-0.4, -0.2) is 20.7 Å². The van der Waals surface area contributed by atoms with Crippen LogP contribution in [0.5, 0.6) is 0 Å². The molecule has 0 fully saturated rings. The van der Waals surface area contributed by atoms with E-state index in [0.717, 1.165) is 27.5 Å². The standard InChI is InChI=1S/C21H20N4OS/c1-13-4-9-18-19(12-13)27-21(23-18)16-5-7-17(8-6-16)22-20(26)15(3)25-11-10-14(2)24-25/h4-12,15H,1-3H3,(H,22,26). The van der Waals surface area contributed by atoms with Crippen LogP contribution < -0.4 is 5.32 Å². The van der Waals surface area contributed by atoms with Crippen LogP contribution in [0.3, 0.4) is 0 Å². The predicted octanol–water partition coefficient (Wildman–Crippen LogP) is 4.98. The predicted molar refractivity (Wildman–Crippen MR) is 110 cm³/mol. The molecule has 0 spiro atoms. The smallest absolute Gasteiger partial charge is 0.248 e. The van der Waals surface area contributed by atoms with Crippen LogP contribution in [0.1, 0.15) is 24.2 Å². The number of nitrogens with one attached hydrogen (secondary N) is 1. The second kappa shape index (κ2) is 6.96. The highest BCUT2D eigenvalue weighted by Crippen LogP contribution is 2.31. The lowest BCUT2D eigenvalue weighted by Crippen LogP contribution is -2.24. The fourth-order valence-electron chi connectivity index (χ4n) is 2.87. The van der Waals surface area contributed by atoms with E-state index in [1.807, 2.05) is 50.4 Å². The molecule has 1 amide bonds. The maximum absolute atomic E-state index is 12.4. The van der Waals surface area contributed by atoms with Crippen LogP contribution in [0, 0.1) is 13.8 Å². The maximum Gasteiger partial charge on any atom is 0.248 e. The SMILES string of the molecule is Cc1ccc2nc(-c3ccc(NC(=O)C(C)n4ccc(C)n4)cc3)sc2c1. The van der Waals surface area contributed by atoms with Gasteiger partial charge in [-0.25, -0.2) is 4.98 Å². The summed E-state index contributed by atoms with van der Waals surface area (Å²) in [7, 11) is 0. The van der Waals surface area contributed by atoms with Crippen molar-refractivity contribution in [2.24, 2.45) is 0 Å². The van der Waals surface area contributed by atoms with Crippen molar-refractivity contribution in [3.8, 4) is 10.6 Å². The van der Waals surface area contributed by atoms with E-state index in [1.54, 1.807) is 16.0 Å². The summed E-state index contributed by atoms with van der Waals surface area (Å²) in [4.78, 5) is 17.1. The van der Waals surface area contributed by atoms with Crippen molar-refractivity contribution >= 4 is 33.1 Å². The van der Waals surface area contributed by atoms with Crippen LogP contribution in [0.15, 0.2) is 54.7 Å². The number of carbonyl (C=O) groups is 1. The largest absolute Gasteiger partial charge is 0.324 e. The number of hydrogen-bond acceptors (Lipinski definition) is 4. The first-order chi connectivity index (χ1) is 13.0. The molecule has 0 aliphatic carbocycles. The molecule has 0 aliphatic heterocycles. The van der Waals surface area contributed by atoms with Gasteiger partial charge in [-0.3, -0.25) is 9.48 Å². The van der Waals surface area contributed by atoms with Crippen molar-refractivity contribution in [2.75, 3.05) is 5.32 Å². The average Bonchev–Trinajstić information content (AvgIpc) is 3.27. The normalized spacial score (nSPS) is 12.3. The Morgan fingerprint density at radius 2 is 1.89 bits per heavy atom. The molecule has 0 bridgehead atoms. The van der Waals surface area contributed by atoms with Gasteiger partial charge in [0.1, 0.15) is 11.0 Å². The van der Waals surface area contributed by atoms with Gasteiger partial charge < -0.3 is 5.32 Å². The molecule has 1 atom stereocenters. The van der Waals surface area contributed by atoms with Gasteiger partial charge in [0.2, 0.25) is 5.91 Å². The molecule has 2 aromatic heterocycles. The van der Waals surface area contributed by atoms with Crippen molar-refractivity contribution in [2.45, 2.75) is 26.8 Å². The molecule has 1 unspecified atom stereocenters. The number of fused-ring (bicyclic) bond motifs is 1. The number of carbonyl (C=O) groups excluding carboxylic acids is 1. The van der Waals surface area contributed by atoms with Gasteiger partial charge in [-0.15, -0.1) is 11.3 Å². The molecule has 2 aromatic carbocycles. The van der Waals surface area contributed by atoms with E-state index in [-0.39, 0.29) is 11.9 Å². The Morgan fingerprint density at radius 3 is 2.59 bits per heavy atom. The number of thiazole rings is 1. The second-order valence-corrected chi connectivity index (χ2v) is 7.70. The summed E-state index contributed by atoms with van der Waals surface area (Å²) in [6, 6.07) is 15.6. The first kappa shape index (κ1) is 17.4. The minimum absolute atomic E-state index is 0.0960. The van der Waals surface area contributed by atoms with Crippen molar-refractivity contribution in [1.29, 1.82) is 0 Å². The summed E-state index contributed by atoms with van der Waals surface area (Å²) in [6.07, 6.45) is 1.82. The van der Waals surface area contributed by atoms with Crippen molar-refractivity contribution in [3.63, 3.8) is 0 Å². The van der Waals surface area contributed by atoms with Gasteiger partial charge >= 0.3 is 0 Å². The number of nitrogens with zero attached hydrogens (tertiary/aromatic N) is 3. The molecule has 4 rings (SSSR count). The number of rotatable bonds is 4. The van der Waals surface area contributed by atoms with Gasteiger partial charge in [-0.1, -0.05) is 6.07 Å². The molecule has 0 aliphatic rings. The summed E-state index contributed by atoms with van der Waals surface area (Å²) < 4.78 is 2.85. The summed E-state index contributed by atoms with van der Waals surface area (Å²) in [5.41, 5.74) is 4.95. The van der Waals surface area contributed by atoms with Gasteiger partial charge in [0, 0.05) is 17.4 Å². The lowest BCUT2D eigenvalue weighted by molar-refractivity contribution is -0.119. The maximum atomic E-state index is 12.4. The highest BCUT2D eigenvalue weighted by molar-refractivity contribution is 7.21. The van der Waals surface area contributed by atoms with E-state index in [4.69, 9.17) is 4.98 Å². The topological polar surface area (TPSA) is 59.8 Å². The lowest BCUT2D eigenvalue weighted by atomic mass is 10.2. The Balaban J connectivity index is 1.50. The lowest BCUT2D eigenvalue weighted by Gasteiger charge is -2.13. The van der Waals surface area contributed by atoms with Crippen LogP contribution in [0.2, 0.25) is 0 Å². The molecule has 4 aromatic rings. The average molecular weight is 376 g/mol. The Labute approximate surface area is 161 Å². The zero-order valence-electron chi connectivity index (χ0n) is 15.4. The zero-order valence-corrected chi connectivity index (χ0v) is 16.2. The Morgan fingerprint density at radius 1 is 1.11 bits per heavy atom. The Hall–Kier alpha value is -2.99. The fourth-order valence-corrected chi connectivity index (χ4v) is 3.94. The fraction of sp³-hybridized carbons (Fsp3) is 0.190. The molecular formula is C21H20N4OS. The number of benzene rings is 2. The first-order valence-corrected chi connectivity index (χ1v) is 9.61. The third-order valence-corrected chi connectivity index (χ3v) is 5.53. The Kier molecular flexibility index (Phi) is 4.49. The highest BCUT2D eigenvalue weighted by Gasteiger charge is 2.16. The molecule has 1 N–H and O–H groups in total. The summed E-state index contributed by atoms with van der Waals surface area (Å²) in [5, 5.41) is 8.23. The number of amides is 1. The molecule has 0 saturated heterocycles. The van der Waals surface area contributed by atoms with Crippen LogP contribution >= 0.6 is 11.3 Å². The van der Waals surface area contributed by atoms with Gasteiger partial charge in [0.15, 0.2) is 0 Å². The van der Waals surface area contributed by atoms with Gasteiger partial charge in [0.25, 0.3) is 0 Å². The van der Waals surface area contributed by atoms with Crippen molar-refractivity contribution in [1.82, 2.24) is 14.8 Å². The van der Waals surface area contributed by atoms with Crippen LogP contribution in [-0.2, 0) is 4.79 Å². The highest BCUT2D eigenvalue weighted by atomic mass is 32.1. The van der Waals surface area contributed by atoms with E-state index < -0.39 is 0 Å². The van der Waals surface area contributed by atoms with Crippen molar-refractivity contribution in [3.05, 3.63) is 66.0 Å². The van der Waals surface area contributed by atoms with E-state index in [0.29, 0.717) is 0 Å². The quantitative estimate of drug-likeness (QED) is 0.547. The van der Waals surface area contributed by atoms with E-state index >= 15 is 0 Å². The zero-order chi connectivity index (χ0) is 19.0. The number of anilines is 1. The summed E-state index contributed by atoms with van der Waals surface area (Å²) >= 11 is 1.68. The van der Waals surface area contributed by atoms with Gasteiger partial charge in [-0.2, -0.15) is 5.10 Å². The molecule has 0 radical (unpaired) electrons. The number of aryl methyl sites for hydroxylation is 2. The number of hydrogen-bond donors (Lipinski definition) is 1.